The van der Waals surface area contributed by atoms with Crippen molar-refractivity contribution in [2.24, 2.45) is 5.73 Å². The van der Waals surface area contributed by atoms with Crippen LogP contribution in [0, 0.1) is 5.82 Å². The second-order valence-electron chi connectivity index (χ2n) is 3.81. The van der Waals surface area contributed by atoms with E-state index in [9.17, 15) is 9.18 Å². The Balaban J connectivity index is 2.35. The SMILES string of the molecule is CC(N)c1nc(C(=O)c2ccc(Cl)cc2F)cs1. The number of thiazole rings is 1. The van der Waals surface area contributed by atoms with Gasteiger partial charge in [-0.25, -0.2) is 9.37 Å². The van der Waals surface area contributed by atoms with Gasteiger partial charge in [-0.15, -0.1) is 11.3 Å². The standard InChI is InChI=1S/C12H10ClFN2OS/c1-6(15)12-16-10(5-18-12)11(17)8-3-2-7(13)4-9(8)14/h2-6H,15H2,1H3. The van der Waals surface area contributed by atoms with Crippen LogP contribution in [0.1, 0.15) is 34.0 Å². The van der Waals surface area contributed by atoms with Gasteiger partial charge in [-0.3, -0.25) is 4.79 Å². The molecule has 0 bridgehead atoms. The molecule has 1 aromatic heterocycles. The first-order chi connectivity index (χ1) is 8.49. The summed E-state index contributed by atoms with van der Waals surface area (Å²) in [5.74, 6) is -1.12. The number of halogens is 2. The first-order valence-electron chi connectivity index (χ1n) is 5.20. The Morgan fingerprint density at radius 3 is 2.83 bits per heavy atom. The van der Waals surface area contributed by atoms with Crippen LogP contribution in [0.3, 0.4) is 0 Å². The Hall–Kier alpha value is -1.30. The van der Waals surface area contributed by atoms with Gasteiger partial charge in [0.2, 0.25) is 5.78 Å². The van der Waals surface area contributed by atoms with Crippen molar-refractivity contribution in [1.29, 1.82) is 0 Å². The van der Waals surface area contributed by atoms with Crippen molar-refractivity contribution in [3.8, 4) is 0 Å². The Bertz CT molecular complexity index is 598. The third kappa shape index (κ3) is 2.58. The first-order valence-corrected chi connectivity index (χ1v) is 6.45. The van der Waals surface area contributed by atoms with Gasteiger partial charge in [0, 0.05) is 10.4 Å². The first kappa shape index (κ1) is 13.1. The van der Waals surface area contributed by atoms with E-state index in [1.165, 1.54) is 23.5 Å². The molecule has 3 nitrogen and oxygen atoms in total. The minimum atomic E-state index is -0.650. The molecule has 0 fully saturated rings. The number of carbonyl (C=O) groups is 1. The van der Waals surface area contributed by atoms with Gasteiger partial charge in [0.25, 0.3) is 0 Å². The van der Waals surface area contributed by atoms with Crippen molar-refractivity contribution in [2.45, 2.75) is 13.0 Å². The molecule has 0 amide bonds. The summed E-state index contributed by atoms with van der Waals surface area (Å²) in [6, 6.07) is 3.68. The molecule has 2 rings (SSSR count). The van der Waals surface area contributed by atoms with E-state index in [1.807, 2.05) is 0 Å². The van der Waals surface area contributed by atoms with Gasteiger partial charge in [0.1, 0.15) is 16.5 Å². The molecule has 1 atom stereocenters. The fraction of sp³-hybridized carbons (Fsp3) is 0.167. The monoisotopic (exact) mass is 284 g/mol. The summed E-state index contributed by atoms with van der Waals surface area (Å²) in [4.78, 5) is 16.1. The molecule has 0 spiro atoms. The number of nitrogens with two attached hydrogens (primary N) is 1. The van der Waals surface area contributed by atoms with Gasteiger partial charge in [-0.2, -0.15) is 0 Å². The molecule has 6 heteroatoms. The fourth-order valence-corrected chi connectivity index (χ4v) is 2.33. The van der Waals surface area contributed by atoms with Crippen molar-refractivity contribution < 1.29 is 9.18 Å². The highest BCUT2D eigenvalue weighted by Crippen LogP contribution is 2.21. The van der Waals surface area contributed by atoms with Crippen LogP contribution in [0.4, 0.5) is 4.39 Å². The summed E-state index contributed by atoms with van der Waals surface area (Å²) in [7, 11) is 0. The van der Waals surface area contributed by atoms with Gasteiger partial charge in [-0.05, 0) is 25.1 Å². The highest BCUT2D eigenvalue weighted by molar-refractivity contribution is 7.09. The Morgan fingerprint density at radius 2 is 2.28 bits per heavy atom. The van der Waals surface area contributed by atoms with Crippen LogP contribution in [0.2, 0.25) is 5.02 Å². The number of benzene rings is 1. The maximum Gasteiger partial charge on any atom is 0.215 e. The average Bonchev–Trinajstić information content (AvgIpc) is 2.77. The summed E-state index contributed by atoms with van der Waals surface area (Å²) in [5, 5.41) is 2.47. The lowest BCUT2D eigenvalue weighted by Crippen LogP contribution is -2.08. The summed E-state index contributed by atoms with van der Waals surface area (Å²) >= 11 is 6.92. The predicted molar refractivity (Wildman–Crippen MR) is 69.6 cm³/mol. The van der Waals surface area contributed by atoms with Gasteiger partial charge in [-0.1, -0.05) is 11.6 Å². The molecule has 0 aliphatic carbocycles. The molecule has 0 aliphatic rings. The van der Waals surface area contributed by atoms with E-state index in [4.69, 9.17) is 17.3 Å². The van der Waals surface area contributed by atoms with E-state index < -0.39 is 11.6 Å². The zero-order valence-electron chi connectivity index (χ0n) is 9.48. The molecule has 0 saturated heterocycles. The van der Waals surface area contributed by atoms with E-state index in [2.05, 4.69) is 4.98 Å². The van der Waals surface area contributed by atoms with Crippen LogP contribution in [-0.2, 0) is 0 Å². The molecule has 2 N–H and O–H groups in total. The van der Waals surface area contributed by atoms with E-state index in [1.54, 1.807) is 12.3 Å². The molecule has 2 aromatic rings. The lowest BCUT2D eigenvalue weighted by Gasteiger charge is -2.01. The summed E-state index contributed by atoms with van der Waals surface area (Å²) in [5.41, 5.74) is 5.82. The smallest absolute Gasteiger partial charge is 0.215 e. The zero-order valence-corrected chi connectivity index (χ0v) is 11.1. The summed E-state index contributed by atoms with van der Waals surface area (Å²) in [6.07, 6.45) is 0. The quantitative estimate of drug-likeness (QED) is 0.881. The van der Waals surface area contributed by atoms with Crippen LogP contribution >= 0.6 is 22.9 Å². The lowest BCUT2D eigenvalue weighted by atomic mass is 10.1. The Kier molecular flexibility index (Phi) is 3.75. The second kappa shape index (κ2) is 5.14. The highest BCUT2D eigenvalue weighted by Gasteiger charge is 2.18. The lowest BCUT2D eigenvalue weighted by molar-refractivity contribution is 0.103. The van der Waals surface area contributed by atoms with Crippen molar-refractivity contribution >= 4 is 28.7 Å². The number of carbonyl (C=O) groups excluding carboxylic acids is 1. The van der Waals surface area contributed by atoms with Gasteiger partial charge < -0.3 is 5.73 Å². The topological polar surface area (TPSA) is 56.0 Å². The average molecular weight is 285 g/mol. The van der Waals surface area contributed by atoms with E-state index in [0.717, 1.165) is 6.07 Å². The molecule has 94 valence electrons. The molecule has 0 radical (unpaired) electrons. The number of ketones is 1. The van der Waals surface area contributed by atoms with Gasteiger partial charge >= 0.3 is 0 Å². The molecular weight excluding hydrogens is 275 g/mol. The molecule has 1 heterocycles. The Labute approximate surface area is 112 Å². The third-order valence-electron chi connectivity index (χ3n) is 2.32. The van der Waals surface area contributed by atoms with E-state index in [-0.39, 0.29) is 22.3 Å². The number of aromatic nitrogens is 1. The maximum atomic E-state index is 13.6. The van der Waals surface area contributed by atoms with E-state index >= 15 is 0 Å². The molecule has 0 aliphatic heterocycles. The number of hydrogen-bond acceptors (Lipinski definition) is 4. The summed E-state index contributed by atoms with van der Waals surface area (Å²) < 4.78 is 13.6. The third-order valence-corrected chi connectivity index (χ3v) is 3.60. The molecule has 1 unspecified atom stereocenters. The minimum Gasteiger partial charge on any atom is -0.322 e. The van der Waals surface area contributed by atoms with Crippen LogP contribution in [0.15, 0.2) is 23.6 Å². The molecule has 0 saturated carbocycles. The van der Waals surface area contributed by atoms with Gasteiger partial charge in [0.05, 0.1) is 11.6 Å². The van der Waals surface area contributed by atoms with Crippen LogP contribution in [0.5, 0.6) is 0 Å². The van der Waals surface area contributed by atoms with Gasteiger partial charge in [0.15, 0.2) is 0 Å². The number of nitrogens with zero attached hydrogens (tertiary/aromatic N) is 1. The molecular formula is C12H10ClFN2OS. The molecule has 1 aromatic carbocycles. The Morgan fingerprint density at radius 1 is 1.56 bits per heavy atom. The molecule has 18 heavy (non-hydrogen) atoms. The van der Waals surface area contributed by atoms with Crippen molar-refractivity contribution in [3.63, 3.8) is 0 Å². The van der Waals surface area contributed by atoms with Crippen molar-refractivity contribution in [1.82, 2.24) is 4.98 Å². The maximum absolute atomic E-state index is 13.6. The normalized spacial score (nSPS) is 12.4. The highest BCUT2D eigenvalue weighted by atomic mass is 35.5. The van der Waals surface area contributed by atoms with Crippen molar-refractivity contribution in [2.75, 3.05) is 0 Å². The second-order valence-corrected chi connectivity index (χ2v) is 5.14. The summed E-state index contributed by atoms with van der Waals surface area (Å²) in [6.45, 7) is 1.77. The van der Waals surface area contributed by atoms with Crippen LogP contribution < -0.4 is 5.73 Å². The minimum absolute atomic E-state index is 0.0408. The largest absolute Gasteiger partial charge is 0.322 e. The predicted octanol–water partition coefficient (Wildman–Crippen LogP) is 3.19. The zero-order chi connectivity index (χ0) is 13.3. The van der Waals surface area contributed by atoms with E-state index in [0.29, 0.717) is 5.01 Å². The fourth-order valence-electron chi connectivity index (χ4n) is 1.41. The number of hydrogen-bond donors (Lipinski definition) is 1. The number of rotatable bonds is 3. The van der Waals surface area contributed by atoms with Crippen LogP contribution in [-0.4, -0.2) is 10.8 Å². The van der Waals surface area contributed by atoms with Crippen LogP contribution in [0.25, 0.3) is 0 Å². The van der Waals surface area contributed by atoms with Crippen molar-refractivity contribution in [3.05, 3.63) is 50.7 Å².